The van der Waals surface area contributed by atoms with Crippen molar-refractivity contribution in [2.45, 2.75) is 32.7 Å². The highest BCUT2D eigenvalue weighted by atomic mass is 35.5. The van der Waals surface area contributed by atoms with E-state index in [-0.39, 0.29) is 21.8 Å². The Kier molecular flexibility index (Phi) is 5.77. The Morgan fingerprint density at radius 2 is 1.96 bits per heavy atom. The van der Waals surface area contributed by atoms with Crippen molar-refractivity contribution in [2.75, 3.05) is 5.32 Å². The number of fused-ring (bicyclic) bond motifs is 1. The van der Waals surface area contributed by atoms with Crippen LogP contribution in [0.3, 0.4) is 0 Å². The molecule has 0 radical (unpaired) electrons. The second-order valence-corrected chi connectivity index (χ2v) is 7.04. The third kappa shape index (κ3) is 3.82. The average molecular weight is 405 g/mol. The SMILES string of the molecule is CCCC(C)n1cc(C(=O)C(=O)Nc2c(Cl)cncc2Cl)c2cccnc21. The molecule has 3 aromatic heterocycles. The number of rotatable bonds is 6. The summed E-state index contributed by atoms with van der Waals surface area (Å²) < 4.78 is 1.94. The Bertz CT molecular complexity index is 996. The lowest BCUT2D eigenvalue weighted by Crippen LogP contribution is -2.23. The van der Waals surface area contributed by atoms with Gasteiger partial charge in [-0.15, -0.1) is 0 Å². The van der Waals surface area contributed by atoms with Crippen LogP contribution in [-0.2, 0) is 4.79 Å². The largest absolute Gasteiger partial charge is 0.329 e. The highest BCUT2D eigenvalue weighted by Crippen LogP contribution is 2.30. The second kappa shape index (κ2) is 8.06. The quantitative estimate of drug-likeness (QED) is 0.467. The van der Waals surface area contributed by atoms with Gasteiger partial charge >= 0.3 is 0 Å². The van der Waals surface area contributed by atoms with Crippen LogP contribution in [0.1, 0.15) is 43.1 Å². The minimum atomic E-state index is -0.823. The number of carbonyl (C=O) groups excluding carboxylic acids is 2. The number of hydrogen-bond donors (Lipinski definition) is 1. The third-order valence-corrected chi connectivity index (χ3v) is 4.89. The monoisotopic (exact) mass is 404 g/mol. The summed E-state index contributed by atoms with van der Waals surface area (Å²) in [5.41, 5.74) is 1.13. The van der Waals surface area contributed by atoms with Gasteiger partial charge in [0.15, 0.2) is 0 Å². The lowest BCUT2D eigenvalue weighted by atomic mass is 10.1. The number of anilines is 1. The second-order valence-electron chi connectivity index (χ2n) is 6.22. The molecule has 8 heteroatoms. The maximum Gasteiger partial charge on any atom is 0.296 e. The van der Waals surface area contributed by atoms with Crippen molar-refractivity contribution in [3.63, 3.8) is 0 Å². The number of aromatic nitrogens is 3. The normalized spacial score (nSPS) is 12.1. The number of hydrogen-bond acceptors (Lipinski definition) is 4. The molecule has 3 heterocycles. The van der Waals surface area contributed by atoms with Crippen molar-refractivity contribution >= 4 is 51.6 Å². The Labute approximate surface area is 166 Å². The van der Waals surface area contributed by atoms with Crippen molar-refractivity contribution in [1.82, 2.24) is 14.5 Å². The number of nitrogens with one attached hydrogen (secondary N) is 1. The van der Waals surface area contributed by atoms with E-state index in [1.54, 1.807) is 24.5 Å². The first kappa shape index (κ1) is 19.3. The van der Waals surface area contributed by atoms with Crippen molar-refractivity contribution in [3.8, 4) is 0 Å². The molecule has 1 amide bonds. The van der Waals surface area contributed by atoms with Gasteiger partial charge in [-0.1, -0.05) is 36.5 Å². The molecule has 0 aliphatic carbocycles. The first-order valence-electron chi connectivity index (χ1n) is 8.54. The zero-order valence-corrected chi connectivity index (χ0v) is 16.4. The molecule has 3 aromatic rings. The van der Waals surface area contributed by atoms with Crippen LogP contribution >= 0.6 is 23.2 Å². The van der Waals surface area contributed by atoms with Crippen LogP contribution < -0.4 is 5.32 Å². The number of pyridine rings is 2. The number of carbonyl (C=O) groups is 2. The summed E-state index contributed by atoms with van der Waals surface area (Å²) in [6.45, 7) is 4.15. The molecule has 27 heavy (non-hydrogen) atoms. The van der Waals surface area contributed by atoms with E-state index in [4.69, 9.17) is 23.2 Å². The minimum absolute atomic E-state index is 0.154. The van der Waals surface area contributed by atoms with Crippen LogP contribution in [-0.4, -0.2) is 26.2 Å². The smallest absolute Gasteiger partial charge is 0.296 e. The first-order chi connectivity index (χ1) is 12.9. The van der Waals surface area contributed by atoms with Gasteiger partial charge < -0.3 is 9.88 Å². The summed E-state index contributed by atoms with van der Waals surface area (Å²) in [4.78, 5) is 33.6. The topological polar surface area (TPSA) is 76.9 Å². The highest BCUT2D eigenvalue weighted by molar-refractivity contribution is 6.50. The van der Waals surface area contributed by atoms with E-state index in [0.29, 0.717) is 16.6 Å². The molecule has 0 spiro atoms. The summed E-state index contributed by atoms with van der Waals surface area (Å²) in [5, 5.41) is 3.43. The number of Topliss-reactive ketones (excluding diaryl/α,β-unsaturated/α-hetero) is 1. The van der Waals surface area contributed by atoms with Gasteiger partial charge in [0.2, 0.25) is 0 Å². The maximum absolute atomic E-state index is 12.8. The Hall–Kier alpha value is -2.44. The Morgan fingerprint density at radius 3 is 2.63 bits per heavy atom. The molecule has 0 saturated heterocycles. The molecule has 0 bridgehead atoms. The Morgan fingerprint density at radius 1 is 1.26 bits per heavy atom. The number of amides is 1. The summed E-state index contributed by atoms with van der Waals surface area (Å²) in [7, 11) is 0. The molecular formula is C19H18Cl2N4O2. The molecule has 0 aliphatic rings. The minimum Gasteiger partial charge on any atom is -0.329 e. The number of ketones is 1. The van der Waals surface area contributed by atoms with Gasteiger partial charge in [-0.05, 0) is 25.5 Å². The summed E-state index contributed by atoms with van der Waals surface area (Å²) >= 11 is 12.0. The van der Waals surface area contributed by atoms with Gasteiger partial charge in [-0.25, -0.2) is 4.98 Å². The van der Waals surface area contributed by atoms with Crippen LogP contribution in [0.15, 0.2) is 36.9 Å². The van der Waals surface area contributed by atoms with Gasteiger partial charge in [-0.2, -0.15) is 0 Å². The zero-order chi connectivity index (χ0) is 19.6. The van der Waals surface area contributed by atoms with Gasteiger partial charge in [0, 0.05) is 36.2 Å². The van der Waals surface area contributed by atoms with Crippen molar-refractivity contribution in [2.24, 2.45) is 0 Å². The summed E-state index contributed by atoms with van der Waals surface area (Å²) in [6, 6.07) is 3.67. The Balaban J connectivity index is 1.97. The summed E-state index contributed by atoms with van der Waals surface area (Å²) in [6.07, 6.45) is 7.97. The fourth-order valence-corrected chi connectivity index (χ4v) is 3.44. The van der Waals surface area contributed by atoms with Crippen LogP contribution in [0.5, 0.6) is 0 Å². The number of nitrogens with zero attached hydrogens (tertiary/aromatic N) is 3. The van der Waals surface area contributed by atoms with E-state index in [1.165, 1.54) is 12.4 Å². The van der Waals surface area contributed by atoms with Gasteiger partial charge in [0.25, 0.3) is 11.7 Å². The van der Waals surface area contributed by atoms with Crippen molar-refractivity contribution in [3.05, 3.63) is 52.5 Å². The van der Waals surface area contributed by atoms with Crippen molar-refractivity contribution in [1.29, 1.82) is 0 Å². The number of halogens is 2. The fourth-order valence-electron chi connectivity index (χ4n) is 2.98. The van der Waals surface area contributed by atoms with Crippen molar-refractivity contribution < 1.29 is 9.59 Å². The predicted octanol–water partition coefficient (Wildman–Crippen LogP) is 4.92. The van der Waals surface area contributed by atoms with Crippen LogP contribution in [0.2, 0.25) is 10.0 Å². The van der Waals surface area contributed by atoms with Crippen LogP contribution in [0.4, 0.5) is 5.69 Å². The maximum atomic E-state index is 12.8. The highest BCUT2D eigenvalue weighted by Gasteiger charge is 2.24. The molecule has 0 aromatic carbocycles. The summed E-state index contributed by atoms with van der Waals surface area (Å²) in [5.74, 6) is -1.50. The molecule has 3 rings (SSSR count). The average Bonchev–Trinajstić information content (AvgIpc) is 3.04. The van der Waals surface area contributed by atoms with E-state index < -0.39 is 11.7 Å². The van der Waals surface area contributed by atoms with E-state index in [1.807, 2.05) is 4.57 Å². The molecule has 0 saturated carbocycles. The molecule has 0 aliphatic heterocycles. The van der Waals surface area contributed by atoms with Crippen LogP contribution in [0.25, 0.3) is 11.0 Å². The van der Waals surface area contributed by atoms with E-state index in [0.717, 1.165) is 12.8 Å². The predicted molar refractivity (Wildman–Crippen MR) is 107 cm³/mol. The van der Waals surface area contributed by atoms with E-state index >= 15 is 0 Å². The molecule has 6 nitrogen and oxygen atoms in total. The fraction of sp³-hybridized carbons (Fsp3) is 0.263. The molecule has 0 fully saturated rings. The lowest BCUT2D eigenvalue weighted by Gasteiger charge is -2.13. The molecule has 1 N–H and O–H groups in total. The van der Waals surface area contributed by atoms with Gasteiger partial charge in [0.05, 0.1) is 21.3 Å². The van der Waals surface area contributed by atoms with Gasteiger partial charge in [0.1, 0.15) is 5.65 Å². The third-order valence-electron chi connectivity index (χ3n) is 4.31. The van der Waals surface area contributed by atoms with Crippen LogP contribution in [0, 0.1) is 0 Å². The first-order valence-corrected chi connectivity index (χ1v) is 9.29. The zero-order valence-electron chi connectivity index (χ0n) is 14.9. The van der Waals surface area contributed by atoms with Gasteiger partial charge in [-0.3, -0.25) is 14.6 Å². The molecular weight excluding hydrogens is 387 g/mol. The molecule has 1 unspecified atom stereocenters. The molecule has 1 atom stereocenters. The van der Waals surface area contributed by atoms with E-state index in [2.05, 4.69) is 29.1 Å². The lowest BCUT2D eigenvalue weighted by molar-refractivity contribution is -0.112. The standard InChI is InChI=1S/C19H18Cl2N4O2/c1-3-5-11(2)25-10-13(12-6-4-7-23-18(12)25)17(26)19(27)24-16-14(20)8-22-9-15(16)21/h4,6-11H,3,5H2,1-2H3,(H,22,24,27). The molecule has 140 valence electrons. The van der Waals surface area contributed by atoms with E-state index in [9.17, 15) is 9.59 Å².